The minimum absolute atomic E-state index is 0.181. The zero-order chi connectivity index (χ0) is 22.7. The van der Waals surface area contributed by atoms with Gasteiger partial charge in [-0.2, -0.15) is 0 Å². The fraction of sp³-hybridized carbons (Fsp3) is 0.0417. The summed E-state index contributed by atoms with van der Waals surface area (Å²) in [6, 6.07) is 19.8. The van der Waals surface area contributed by atoms with E-state index in [9.17, 15) is 14.4 Å². The first-order valence-corrected chi connectivity index (χ1v) is 10.3. The number of hydrogen-bond donors (Lipinski definition) is 1. The summed E-state index contributed by atoms with van der Waals surface area (Å²) < 4.78 is 5.74. The van der Waals surface area contributed by atoms with Crippen LogP contribution in [-0.4, -0.2) is 17.8 Å². The number of nitrogens with zero attached hydrogens (tertiary/aromatic N) is 1. The number of hydrogen-bond acceptors (Lipinski definition) is 4. The van der Waals surface area contributed by atoms with E-state index in [1.54, 1.807) is 54.6 Å². The molecule has 1 aliphatic rings. The molecule has 3 aromatic rings. The lowest BCUT2D eigenvalue weighted by molar-refractivity contribution is -0.122. The number of para-hydroxylation sites is 1. The van der Waals surface area contributed by atoms with Crippen molar-refractivity contribution in [1.82, 2.24) is 5.32 Å². The number of anilines is 1. The van der Waals surface area contributed by atoms with Gasteiger partial charge in [-0.05, 0) is 53.6 Å². The van der Waals surface area contributed by atoms with E-state index in [0.717, 1.165) is 10.5 Å². The highest BCUT2D eigenvalue weighted by Crippen LogP contribution is 2.29. The largest absolute Gasteiger partial charge is 0.489 e. The van der Waals surface area contributed by atoms with E-state index < -0.39 is 17.8 Å². The number of rotatable bonds is 5. The zero-order valence-electron chi connectivity index (χ0n) is 16.5. The molecule has 3 aromatic carbocycles. The van der Waals surface area contributed by atoms with Crippen molar-refractivity contribution in [3.63, 3.8) is 0 Å². The number of amides is 4. The molecule has 1 saturated heterocycles. The quantitative estimate of drug-likeness (QED) is 0.412. The molecule has 8 heteroatoms. The Hall–Kier alpha value is -3.61. The van der Waals surface area contributed by atoms with Crippen molar-refractivity contribution < 1.29 is 19.1 Å². The van der Waals surface area contributed by atoms with Gasteiger partial charge in [0.15, 0.2) is 0 Å². The molecule has 160 valence electrons. The Morgan fingerprint density at radius 1 is 0.875 bits per heavy atom. The van der Waals surface area contributed by atoms with E-state index in [0.29, 0.717) is 22.9 Å². The molecule has 0 atom stereocenters. The van der Waals surface area contributed by atoms with Crippen LogP contribution in [0, 0.1) is 0 Å². The van der Waals surface area contributed by atoms with Crippen molar-refractivity contribution >= 4 is 52.8 Å². The topological polar surface area (TPSA) is 75.7 Å². The van der Waals surface area contributed by atoms with Crippen molar-refractivity contribution in [2.75, 3.05) is 4.90 Å². The number of halogens is 2. The maximum absolute atomic E-state index is 12.9. The standard InChI is InChI=1S/C24H16Cl2N2O4/c25-17-9-5-16(6-10-17)14-32-18-11-7-15(8-12-18)13-19-22(29)27-24(31)28(23(19)30)21-4-2-1-3-20(21)26/h1-13H,14H2,(H,27,29,31)/b19-13+. The minimum Gasteiger partial charge on any atom is -0.489 e. The van der Waals surface area contributed by atoms with Crippen LogP contribution in [0.4, 0.5) is 10.5 Å². The van der Waals surface area contributed by atoms with Crippen molar-refractivity contribution in [1.29, 1.82) is 0 Å². The van der Waals surface area contributed by atoms with Crippen LogP contribution < -0.4 is 15.0 Å². The molecule has 32 heavy (non-hydrogen) atoms. The molecule has 4 amide bonds. The fourth-order valence-electron chi connectivity index (χ4n) is 3.08. The Morgan fingerprint density at radius 3 is 2.25 bits per heavy atom. The van der Waals surface area contributed by atoms with Gasteiger partial charge < -0.3 is 4.74 Å². The van der Waals surface area contributed by atoms with Gasteiger partial charge in [0.1, 0.15) is 17.9 Å². The fourth-order valence-corrected chi connectivity index (χ4v) is 3.43. The molecular weight excluding hydrogens is 451 g/mol. The average Bonchev–Trinajstić information content (AvgIpc) is 2.78. The Bertz CT molecular complexity index is 1220. The van der Waals surface area contributed by atoms with E-state index >= 15 is 0 Å². The predicted molar refractivity (Wildman–Crippen MR) is 123 cm³/mol. The molecule has 0 saturated carbocycles. The molecule has 1 N–H and O–H groups in total. The van der Waals surface area contributed by atoms with E-state index in [1.807, 2.05) is 12.1 Å². The lowest BCUT2D eigenvalue weighted by Crippen LogP contribution is -2.54. The second kappa shape index (κ2) is 9.26. The summed E-state index contributed by atoms with van der Waals surface area (Å²) in [5.41, 5.74) is 1.57. The van der Waals surface area contributed by atoms with E-state index in [1.165, 1.54) is 12.1 Å². The third-order valence-electron chi connectivity index (χ3n) is 4.70. The van der Waals surface area contributed by atoms with E-state index in [2.05, 4.69) is 5.32 Å². The van der Waals surface area contributed by atoms with Crippen molar-refractivity contribution in [3.05, 3.63) is 99.5 Å². The second-order valence-electron chi connectivity index (χ2n) is 6.89. The van der Waals surface area contributed by atoms with Crippen LogP contribution >= 0.6 is 23.2 Å². The molecule has 0 radical (unpaired) electrons. The van der Waals surface area contributed by atoms with Crippen LogP contribution in [0.1, 0.15) is 11.1 Å². The molecule has 0 bridgehead atoms. The van der Waals surface area contributed by atoms with Crippen LogP contribution in [0.15, 0.2) is 78.4 Å². The SMILES string of the molecule is O=C1NC(=O)N(c2ccccc2Cl)C(=O)/C1=C/c1ccc(OCc2ccc(Cl)cc2)cc1. The summed E-state index contributed by atoms with van der Waals surface area (Å²) in [5.74, 6) is -0.907. The lowest BCUT2D eigenvalue weighted by Gasteiger charge is -2.27. The number of carbonyl (C=O) groups is 3. The number of benzene rings is 3. The Balaban J connectivity index is 1.52. The van der Waals surface area contributed by atoms with Gasteiger partial charge in [-0.15, -0.1) is 0 Å². The van der Waals surface area contributed by atoms with Crippen LogP contribution in [0.2, 0.25) is 10.0 Å². The average molecular weight is 467 g/mol. The molecule has 0 aliphatic carbocycles. The first-order chi connectivity index (χ1) is 15.4. The van der Waals surface area contributed by atoms with Gasteiger partial charge in [0.05, 0.1) is 10.7 Å². The zero-order valence-corrected chi connectivity index (χ0v) is 18.1. The van der Waals surface area contributed by atoms with Crippen LogP contribution in [0.3, 0.4) is 0 Å². The van der Waals surface area contributed by atoms with Crippen LogP contribution in [0.5, 0.6) is 5.75 Å². The Labute approximate surface area is 194 Å². The second-order valence-corrected chi connectivity index (χ2v) is 7.74. The maximum Gasteiger partial charge on any atom is 0.335 e. The van der Waals surface area contributed by atoms with E-state index in [4.69, 9.17) is 27.9 Å². The number of urea groups is 1. The van der Waals surface area contributed by atoms with Gasteiger partial charge in [0, 0.05) is 5.02 Å². The van der Waals surface area contributed by atoms with Gasteiger partial charge in [-0.3, -0.25) is 14.9 Å². The third kappa shape index (κ3) is 4.66. The first kappa shape index (κ1) is 21.6. The number of ether oxygens (including phenoxy) is 1. The maximum atomic E-state index is 12.9. The van der Waals surface area contributed by atoms with Gasteiger partial charge >= 0.3 is 6.03 Å². The highest BCUT2D eigenvalue weighted by Gasteiger charge is 2.37. The first-order valence-electron chi connectivity index (χ1n) is 9.55. The molecule has 1 heterocycles. The van der Waals surface area contributed by atoms with Crippen molar-refractivity contribution in [2.24, 2.45) is 0 Å². The highest BCUT2D eigenvalue weighted by atomic mass is 35.5. The van der Waals surface area contributed by atoms with Crippen molar-refractivity contribution in [3.8, 4) is 5.75 Å². The number of barbiturate groups is 1. The number of carbonyl (C=O) groups excluding carboxylic acids is 3. The van der Waals surface area contributed by atoms with Gasteiger partial charge in [-0.25, -0.2) is 9.69 Å². The minimum atomic E-state index is -0.851. The van der Waals surface area contributed by atoms with Gasteiger partial charge in [-0.1, -0.05) is 59.6 Å². The van der Waals surface area contributed by atoms with Crippen LogP contribution in [0.25, 0.3) is 6.08 Å². The molecular formula is C24H16Cl2N2O4. The summed E-state index contributed by atoms with van der Waals surface area (Å²) >= 11 is 12.0. The number of imide groups is 2. The van der Waals surface area contributed by atoms with Crippen molar-refractivity contribution in [2.45, 2.75) is 6.61 Å². The van der Waals surface area contributed by atoms with E-state index in [-0.39, 0.29) is 16.3 Å². The molecule has 0 unspecified atom stereocenters. The van der Waals surface area contributed by atoms with Gasteiger partial charge in [0.25, 0.3) is 11.8 Å². The molecule has 1 aliphatic heterocycles. The molecule has 0 spiro atoms. The Kier molecular flexibility index (Phi) is 6.25. The summed E-state index contributed by atoms with van der Waals surface area (Å²) in [6.07, 6.45) is 1.41. The summed E-state index contributed by atoms with van der Waals surface area (Å²) in [5, 5.41) is 3.05. The van der Waals surface area contributed by atoms with Crippen LogP contribution in [-0.2, 0) is 16.2 Å². The summed E-state index contributed by atoms with van der Waals surface area (Å²) in [7, 11) is 0. The molecule has 1 fully saturated rings. The summed E-state index contributed by atoms with van der Waals surface area (Å²) in [4.78, 5) is 38.4. The smallest absolute Gasteiger partial charge is 0.335 e. The molecule has 6 nitrogen and oxygen atoms in total. The molecule has 0 aromatic heterocycles. The Morgan fingerprint density at radius 2 is 1.56 bits per heavy atom. The highest BCUT2D eigenvalue weighted by molar-refractivity contribution is 6.42. The monoisotopic (exact) mass is 466 g/mol. The predicted octanol–water partition coefficient (Wildman–Crippen LogP) is 5.24. The summed E-state index contributed by atoms with van der Waals surface area (Å²) in [6.45, 7) is 0.368. The normalized spacial score (nSPS) is 15.1. The third-order valence-corrected chi connectivity index (χ3v) is 5.28. The molecule has 4 rings (SSSR count). The van der Waals surface area contributed by atoms with Gasteiger partial charge in [0.2, 0.25) is 0 Å². The number of nitrogens with one attached hydrogen (secondary N) is 1. The lowest BCUT2D eigenvalue weighted by atomic mass is 10.1.